The van der Waals surface area contributed by atoms with E-state index in [0.29, 0.717) is 6.04 Å². The molecule has 1 aliphatic rings. The summed E-state index contributed by atoms with van der Waals surface area (Å²) in [5.74, 6) is 0.916. The maximum atomic E-state index is 5.82. The minimum absolute atomic E-state index is 0.713. The molecule has 1 aliphatic heterocycles. The smallest absolute Gasteiger partial charge is 0.125 e. The van der Waals surface area contributed by atoms with Crippen LogP contribution in [0.25, 0.3) is 0 Å². The van der Waals surface area contributed by atoms with Crippen LogP contribution in [0, 0.1) is 0 Å². The normalized spacial score (nSPS) is 21.1. The molecule has 0 saturated carbocycles. The summed E-state index contributed by atoms with van der Waals surface area (Å²) in [4.78, 5) is 2.61. The lowest BCUT2D eigenvalue weighted by Gasteiger charge is -2.29. The van der Waals surface area contributed by atoms with Crippen molar-refractivity contribution in [1.29, 1.82) is 0 Å². The molecule has 2 N–H and O–H groups in total. The van der Waals surface area contributed by atoms with Crippen LogP contribution in [0.15, 0.2) is 18.2 Å². The Bertz CT molecular complexity index is 406. The van der Waals surface area contributed by atoms with Crippen molar-refractivity contribution in [2.75, 3.05) is 19.4 Å². The summed E-state index contributed by atoms with van der Waals surface area (Å²) in [6.07, 6.45) is 6.61. The highest BCUT2D eigenvalue weighted by molar-refractivity contribution is 5.48. The molecule has 0 spiro atoms. The van der Waals surface area contributed by atoms with Gasteiger partial charge >= 0.3 is 0 Å². The van der Waals surface area contributed by atoms with Crippen molar-refractivity contribution in [2.24, 2.45) is 0 Å². The van der Waals surface area contributed by atoms with Crippen LogP contribution in [-0.2, 0) is 6.54 Å². The second-order valence-electron chi connectivity index (χ2n) is 5.45. The van der Waals surface area contributed by atoms with E-state index in [1.165, 1.54) is 44.2 Å². The minimum Gasteiger partial charge on any atom is -0.496 e. The van der Waals surface area contributed by atoms with Gasteiger partial charge in [-0.25, -0.2) is 0 Å². The lowest BCUT2D eigenvalue weighted by Crippen LogP contribution is -2.33. The fourth-order valence-electron chi connectivity index (χ4n) is 3.02. The maximum Gasteiger partial charge on any atom is 0.125 e. The zero-order valence-corrected chi connectivity index (χ0v) is 12.2. The summed E-state index contributed by atoms with van der Waals surface area (Å²) in [7, 11) is 1.72. The average molecular weight is 262 g/mol. The van der Waals surface area contributed by atoms with Gasteiger partial charge in [0.25, 0.3) is 0 Å². The molecule has 0 amide bonds. The highest BCUT2D eigenvalue weighted by Gasteiger charge is 2.20. The molecule has 1 aromatic rings. The van der Waals surface area contributed by atoms with E-state index in [0.717, 1.165) is 18.0 Å². The lowest BCUT2D eigenvalue weighted by atomic mass is 10.1. The molecule has 1 fully saturated rings. The molecule has 0 aromatic heterocycles. The Balaban J connectivity index is 2.13. The van der Waals surface area contributed by atoms with Gasteiger partial charge in [-0.05, 0) is 31.9 Å². The SMILES string of the molecule is CCC1CCCCCN1Cc1ccc(N)cc1OC. The van der Waals surface area contributed by atoms with Crippen molar-refractivity contribution in [3.8, 4) is 5.75 Å². The quantitative estimate of drug-likeness (QED) is 0.845. The van der Waals surface area contributed by atoms with Gasteiger partial charge in [-0.15, -0.1) is 0 Å². The van der Waals surface area contributed by atoms with E-state index in [1.54, 1.807) is 7.11 Å². The van der Waals surface area contributed by atoms with Gasteiger partial charge in [0.05, 0.1) is 7.11 Å². The second kappa shape index (κ2) is 6.80. The molecule has 1 unspecified atom stereocenters. The molecule has 0 bridgehead atoms. The van der Waals surface area contributed by atoms with Crippen molar-refractivity contribution < 1.29 is 4.74 Å². The van der Waals surface area contributed by atoms with Crippen molar-refractivity contribution >= 4 is 5.69 Å². The number of nitrogen functional groups attached to an aromatic ring is 1. The summed E-state index contributed by atoms with van der Waals surface area (Å²) in [5.41, 5.74) is 7.84. The predicted octanol–water partition coefficient (Wildman–Crippen LogP) is 3.43. The van der Waals surface area contributed by atoms with Gasteiger partial charge in [-0.2, -0.15) is 0 Å². The molecule has 3 heteroatoms. The summed E-state index contributed by atoms with van der Waals surface area (Å²) in [6.45, 7) is 4.47. The first-order chi connectivity index (χ1) is 9.24. The Morgan fingerprint density at radius 3 is 2.89 bits per heavy atom. The Labute approximate surface area is 116 Å². The van der Waals surface area contributed by atoms with Gasteiger partial charge in [-0.3, -0.25) is 4.90 Å². The average Bonchev–Trinajstić information content (AvgIpc) is 2.65. The van der Waals surface area contributed by atoms with E-state index >= 15 is 0 Å². The van der Waals surface area contributed by atoms with Crippen LogP contribution < -0.4 is 10.5 Å². The summed E-state index contributed by atoms with van der Waals surface area (Å²) in [5, 5.41) is 0. The molecule has 1 atom stereocenters. The number of likely N-dealkylation sites (tertiary alicyclic amines) is 1. The topological polar surface area (TPSA) is 38.5 Å². The molecule has 0 radical (unpaired) electrons. The molecule has 1 aromatic carbocycles. The third-order valence-electron chi connectivity index (χ3n) is 4.15. The van der Waals surface area contributed by atoms with Crippen LogP contribution in [0.4, 0.5) is 5.69 Å². The van der Waals surface area contributed by atoms with E-state index in [2.05, 4.69) is 17.9 Å². The molecule has 1 heterocycles. The Morgan fingerprint density at radius 1 is 1.32 bits per heavy atom. The minimum atomic E-state index is 0.713. The number of rotatable bonds is 4. The predicted molar refractivity (Wildman–Crippen MR) is 80.4 cm³/mol. The maximum absolute atomic E-state index is 5.82. The van der Waals surface area contributed by atoms with Gasteiger partial charge in [-0.1, -0.05) is 25.8 Å². The number of hydrogen-bond acceptors (Lipinski definition) is 3. The van der Waals surface area contributed by atoms with E-state index in [1.807, 2.05) is 12.1 Å². The summed E-state index contributed by atoms with van der Waals surface area (Å²) < 4.78 is 5.46. The van der Waals surface area contributed by atoms with Gasteiger partial charge in [0.15, 0.2) is 0 Å². The van der Waals surface area contributed by atoms with Crippen LogP contribution >= 0.6 is 0 Å². The summed E-state index contributed by atoms with van der Waals surface area (Å²) >= 11 is 0. The van der Waals surface area contributed by atoms with Gasteiger partial charge < -0.3 is 10.5 Å². The Kier molecular flexibility index (Phi) is 5.08. The number of nitrogens with zero attached hydrogens (tertiary/aromatic N) is 1. The van der Waals surface area contributed by atoms with E-state index < -0.39 is 0 Å². The van der Waals surface area contributed by atoms with Gasteiger partial charge in [0, 0.05) is 29.9 Å². The largest absolute Gasteiger partial charge is 0.496 e. The van der Waals surface area contributed by atoms with Crippen LogP contribution in [0.3, 0.4) is 0 Å². The second-order valence-corrected chi connectivity index (χ2v) is 5.45. The van der Waals surface area contributed by atoms with Crippen molar-refractivity contribution in [3.63, 3.8) is 0 Å². The highest BCUT2D eigenvalue weighted by atomic mass is 16.5. The number of anilines is 1. The molecule has 106 valence electrons. The third-order valence-corrected chi connectivity index (χ3v) is 4.15. The van der Waals surface area contributed by atoms with Crippen molar-refractivity contribution in [1.82, 2.24) is 4.90 Å². The zero-order valence-electron chi connectivity index (χ0n) is 12.2. The first-order valence-electron chi connectivity index (χ1n) is 7.41. The molecule has 3 nitrogen and oxygen atoms in total. The van der Waals surface area contributed by atoms with Gasteiger partial charge in [0.2, 0.25) is 0 Å². The first kappa shape index (κ1) is 14.2. The first-order valence-corrected chi connectivity index (χ1v) is 7.41. The van der Waals surface area contributed by atoms with Crippen LogP contribution in [-0.4, -0.2) is 24.6 Å². The molecular formula is C16H26N2O. The Morgan fingerprint density at radius 2 is 2.16 bits per heavy atom. The van der Waals surface area contributed by atoms with E-state index in [9.17, 15) is 0 Å². The van der Waals surface area contributed by atoms with E-state index in [-0.39, 0.29) is 0 Å². The number of nitrogens with two attached hydrogens (primary N) is 1. The monoisotopic (exact) mass is 262 g/mol. The van der Waals surface area contributed by atoms with Gasteiger partial charge in [0.1, 0.15) is 5.75 Å². The summed E-state index contributed by atoms with van der Waals surface area (Å²) in [6, 6.07) is 6.71. The highest BCUT2D eigenvalue weighted by Crippen LogP contribution is 2.26. The van der Waals surface area contributed by atoms with Crippen LogP contribution in [0.2, 0.25) is 0 Å². The molecular weight excluding hydrogens is 236 g/mol. The standard InChI is InChI=1S/C16H26N2O/c1-3-15-7-5-4-6-10-18(15)12-13-8-9-14(17)11-16(13)19-2/h8-9,11,15H,3-7,10,12,17H2,1-2H3. The molecule has 2 rings (SSSR count). The number of methoxy groups -OCH3 is 1. The van der Waals surface area contributed by atoms with Crippen molar-refractivity contribution in [2.45, 2.75) is 51.6 Å². The number of ether oxygens (including phenoxy) is 1. The van der Waals surface area contributed by atoms with Crippen LogP contribution in [0.1, 0.15) is 44.6 Å². The van der Waals surface area contributed by atoms with Crippen LogP contribution in [0.5, 0.6) is 5.75 Å². The Hall–Kier alpha value is -1.22. The van der Waals surface area contributed by atoms with Crippen molar-refractivity contribution in [3.05, 3.63) is 23.8 Å². The number of hydrogen-bond donors (Lipinski definition) is 1. The third kappa shape index (κ3) is 3.63. The molecule has 1 saturated heterocycles. The number of benzene rings is 1. The molecule has 0 aliphatic carbocycles. The zero-order chi connectivity index (χ0) is 13.7. The van der Waals surface area contributed by atoms with E-state index in [4.69, 9.17) is 10.5 Å². The fraction of sp³-hybridized carbons (Fsp3) is 0.625. The fourth-order valence-corrected chi connectivity index (χ4v) is 3.02. The lowest BCUT2D eigenvalue weighted by molar-refractivity contribution is 0.184. The molecule has 19 heavy (non-hydrogen) atoms.